The largest absolute Gasteiger partial charge is 0.493 e. The van der Waals surface area contributed by atoms with Crippen molar-refractivity contribution in [2.24, 2.45) is 0 Å². The van der Waals surface area contributed by atoms with Crippen LogP contribution >= 0.6 is 11.3 Å². The van der Waals surface area contributed by atoms with E-state index in [9.17, 15) is 4.79 Å². The minimum Gasteiger partial charge on any atom is -0.493 e. The molecule has 9 heteroatoms. The number of aryl methyl sites for hydroxylation is 2. The summed E-state index contributed by atoms with van der Waals surface area (Å²) in [6.45, 7) is 4.54. The van der Waals surface area contributed by atoms with Gasteiger partial charge in [-0.3, -0.25) is 10.1 Å². The van der Waals surface area contributed by atoms with Crippen molar-refractivity contribution >= 4 is 28.0 Å². The van der Waals surface area contributed by atoms with E-state index in [0.717, 1.165) is 21.9 Å². The van der Waals surface area contributed by atoms with E-state index in [-0.39, 0.29) is 11.6 Å². The molecule has 3 aromatic heterocycles. The summed E-state index contributed by atoms with van der Waals surface area (Å²) in [5, 5.41) is 16.3. The summed E-state index contributed by atoms with van der Waals surface area (Å²) in [4.78, 5) is 16.5. The van der Waals surface area contributed by atoms with Gasteiger partial charge in [-0.05, 0) is 37.1 Å². The van der Waals surface area contributed by atoms with Crippen LogP contribution in [0.3, 0.4) is 0 Å². The van der Waals surface area contributed by atoms with Gasteiger partial charge in [0.1, 0.15) is 10.8 Å². The summed E-state index contributed by atoms with van der Waals surface area (Å²) < 4.78 is 7.39. The quantitative estimate of drug-likeness (QED) is 0.540. The number of carbonyl (C=O) groups is 1. The monoisotopic (exact) mass is 394 g/mol. The Morgan fingerprint density at radius 2 is 2.14 bits per heavy atom. The summed E-state index contributed by atoms with van der Waals surface area (Å²) in [7, 11) is 0. The van der Waals surface area contributed by atoms with Crippen molar-refractivity contribution < 1.29 is 9.53 Å². The molecule has 1 aromatic carbocycles. The Morgan fingerprint density at radius 1 is 1.25 bits per heavy atom. The van der Waals surface area contributed by atoms with Gasteiger partial charge in [0.05, 0.1) is 6.61 Å². The van der Waals surface area contributed by atoms with E-state index in [4.69, 9.17) is 4.74 Å². The number of fused-ring (bicyclic) bond motifs is 1. The second-order valence-corrected chi connectivity index (χ2v) is 7.34. The first-order valence-corrected chi connectivity index (χ1v) is 9.54. The van der Waals surface area contributed by atoms with Crippen LogP contribution in [-0.2, 0) is 6.42 Å². The summed E-state index contributed by atoms with van der Waals surface area (Å²) in [6.07, 6.45) is 3.99. The number of hydrogen-bond acceptors (Lipinski definition) is 7. The van der Waals surface area contributed by atoms with Crippen LogP contribution in [0.5, 0.6) is 5.75 Å². The van der Waals surface area contributed by atoms with E-state index in [1.165, 1.54) is 11.3 Å². The molecule has 0 aliphatic carbocycles. The van der Waals surface area contributed by atoms with E-state index >= 15 is 0 Å². The second kappa shape index (κ2) is 7.73. The fourth-order valence-corrected chi connectivity index (χ4v) is 3.33. The van der Waals surface area contributed by atoms with E-state index in [0.29, 0.717) is 23.8 Å². The van der Waals surface area contributed by atoms with E-state index < -0.39 is 0 Å². The molecular weight excluding hydrogens is 376 g/mol. The number of ether oxygens (including phenoxy) is 1. The van der Waals surface area contributed by atoms with Crippen LogP contribution in [0.15, 0.2) is 42.7 Å². The maximum atomic E-state index is 12.4. The minimum atomic E-state index is -0.347. The van der Waals surface area contributed by atoms with Crippen molar-refractivity contribution in [1.82, 2.24) is 24.8 Å². The Hall–Kier alpha value is -3.33. The lowest BCUT2D eigenvalue weighted by molar-refractivity contribution is 0.102. The van der Waals surface area contributed by atoms with Crippen LogP contribution in [0.25, 0.3) is 5.65 Å². The van der Waals surface area contributed by atoms with Crippen molar-refractivity contribution in [3.63, 3.8) is 0 Å². The first-order valence-electron chi connectivity index (χ1n) is 8.73. The van der Waals surface area contributed by atoms with Crippen molar-refractivity contribution in [1.29, 1.82) is 0 Å². The number of hydrogen-bond donors (Lipinski definition) is 1. The number of rotatable bonds is 6. The van der Waals surface area contributed by atoms with Gasteiger partial charge in [-0.25, -0.2) is 9.50 Å². The van der Waals surface area contributed by atoms with Crippen molar-refractivity contribution in [3.05, 3.63) is 64.6 Å². The lowest BCUT2D eigenvalue weighted by atomic mass is 10.1. The molecule has 0 atom stereocenters. The maximum absolute atomic E-state index is 12.4. The van der Waals surface area contributed by atoms with Crippen LogP contribution in [0.4, 0.5) is 5.13 Å². The molecule has 0 saturated carbocycles. The predicted octanol–water partition coefficient (Wildman–Crippen LogP) is 3.07. The number of nitrogens with zero attached hydrogens (tertiary/aromatic N) is 5. The Morgan fingerprint density at radius 3 is 3.00 bits per heavy atom. The Balaban J connectivity index is 1.35. The van der Waals surface area contributed by atoms with Crippen LogP contribution < -0.4 is 10.1 Å². The van der Waals surface area contributed by atoms with Crippen LogP contribution in [0.1, 0.15) is 26.6 Å². The zero-order chi connectivity index (χ0) is 19.5. The van der Waals surface area contributed by atoms with Gasteiger partial charge in [-0.2, -0.15) is 5.10 Å². The zero-order valence-corrected chi connectivity index (χ0v) is 16.2. The molecule has 28 heavy (non-hydrogen) atoms. The molecule has 3 heterocycles. The molecule has 0 fully saturated rings. The van der Waals surface area contributed by atoms with E-state index in [2.05, 4.69) is 31.7 Å². The summed E-state index contributed by atoms with van der Waals surface area (Å²) in [6, 6.07) is 9.48. The molecule has 0 spiro atoms. The van der Waals surface area contributed by atoms with E-state index in [1.54, 1.807) is 29.0 Å². The first kappa shape index (κ1) is 18.1. The smallest absolute Gasteiger partial charge is 0.278 e. The molecule has 4 aromatic rings. The second-order valence-electron chi connectivity index (χ2n) is 6.27. The minimum absolute atomic E-state index is 0.272. The lowest BCUT2D eigenvalue weighted by Gasteiger charge is -2.08. The van der Waals surface area contributed by atoms with Gasteiger partial charge in [-0.1, -0.05) is 23.5 Å². The van der Waals surface area contributed by atoms with Crippen LogP contribution in [0, 0.1) is 13.8 Å². The fourth-order valence-electron chi connectivity index (χ4n) is 2.62. The SMILES string of the molecule is Cc1ccc(C)c(OCCc2nnc(NC(=O)c3cc4ncccn4n3)s2)c1. The topological polar surface area (TPSA) is 94.3 Å². The third-order valence-corrected chi connectivity index (χ3v) is 4.97. The Kier molecular flexibility index (Phi) is 4.98. The molecule has 142 valence electrons. The highest BCUT2D eigenvalue weighted by atomic mass is 32.1. The predicted molar refractivity (Wildman–Crippen MR) is 106 cm³/mol. The molecule has 0 aliphatic rings. The van der Waals surface area contributed by atoms with Gasteiger partial charge < -0.3 is 4.74 Å². The molecule has 0 saturated heterocycles. The lowest BCUT2D eigenvalue weighted by Crippen LogP contribution is -2.12. The molecule has 1 N–H and O–H groups in total. The van der Waals surface area contributed by atoms with Crippen LogP contribution in [-0.4, -0.2) is 37.3 Å². The van der Waals surface area contributed by atoms with Crippen molar-refractivity contribution in [3.8, 4) is 5.75 Å². The number of amides is 1. The van der Waals surface area contributed by atoms with Gasteiger partial charge >= 0.3 is 0 Å². The van der Waals surface area contributed by atoms with Crippen LogP contribution in [0.2, 0.25) is 0 Å². The normalized spacial score (nSPS) is 10.9. The molecule has 4 rings (SSSR count). The van der Waals surface area contributed by atoms with Gasteiger partial charge in [0.15, 0.2) is 11.3 Å². The number of aromatic nitrogens is 5. The molecule has 1 amide bonds. The number of anilines is 1. The standard InChI is InChI=1S/C19H18N6O2S/c1-12-4-5-13(2)15(10-12)27-9-6-17-22-23-19(28-17)21-18(26)14-11-16-20-7-3-8-25(16)24-14/h3-5,7-8,10-11H,6,9H2,1-2H3,(H,21,23,26). The van der Waals surface area contributed by atoms with Crippen molar-refractivity contribution in [2.45, 2.75) is 20.3 Å². The number of carbonyl (C=O) groups excluding carboxylic acids is 1. The van der Waals surface area contributed by atoms with E-state index in [1.807, 2.05) is 26.0 Å². The van der Waals surface area contributed by atoms with Gasteiger partial charge in [0.2, 0.25) is 5.13 Å². The summed E-state index contributed by atoms with van der Waals surface area (Å²) >= 11 is 1.32. The molecule has 0 unspecified atom stereocenters. The van der Waals surface area contributed by atoms with Gasteiger partial charge in [0, 0.05) is 24.9 Å². The number of benzene rings is 1. The maximum Gasteiger partial charge on any atom is 0.278 e. The Labute approximate surface area is 165 Å². The average molecular weight is 394 g/mol. The average Bonchev–Trinajstić information content (AvgIpc) is 3.31. The number of nitrogens with one attached hydrogen (secondary N) is 1. The van der Waals surface area contributed by atoms with Crippen molar-refractivity contribution in [2.75, 3.05) is 11.9 Å². The Bertz CT molecular complexity index is 1100. The summed E-state index contributed by atoms with van der Waals surface area (Å²) in [5.41, 5.74) is 3.13. The molecule has 8 nitrogen and oxygen atoms in total. The molecule has 0 bridgehead atoms. The van der Waals surface area contributed by atoms with Gasteiger partial charge in [-0.15, -0.1) is 10.2 Å². The fraction of sp³-hybridized carbons (Fsp3) is 0.211. The summed E-state index contributed by atoms with van der Waals surface area (Å²) in [5.74, 6) is 0.526. The highest BCUT2D eigenvalue weighted by Crippen LogP contribution is 2.21. The third kappa shape index (κ3) is 3.99. The third-order valence-electron chi connectivity index (χ3n) is 4.07. The zero-order valence-electron chi connectivity index (χ0n) is 15.4. The molecule has 0 aliphatic heterocycles. The molecular formula is C19H18N6O2S. The highest BCUT2D eigenvalue weighted by molar-refractivity contribution is 7.15. The first-order chi connectivity index (χ1) is 13.6. The molecule has 0 radical (unpaired) electrons. The highest BCUT2D eigenvalue weighted by Gasteiger charge is 2.14. The van der Waals surface area contributed by atoms with Gasteiger partial charge in [0.25, 0.3) is 5.91 Å².